The van der Waals surface area contributed by atoms with Crippen LogP contribution < -0.4 is 4.90 Å². The van der Waals surface area contributed by atoms with Gasteiger partial charge in [-0.1, -0.05) is 24.6 Å². The van der Waals surface area contributed by atoms with E-state index in [2.05, 4.69) is 16.8 Å². The maximum absolute atomic E-state index is 11.5. The van der Waals surface area contributed by atoms with E-state index in [-0.39, 0.29) is 0 Å². The lowest BCUT2D eigenvalue weighted by atomic mass is 9.85. The van der Waals surface area contributed by atoms with Gasteiger partial charge in [0.15, 0.2) is 0 Å². The van der Waals surface area contributed by atoms with Gasteiger partial charge < -0.3 is 10.0 Å². The number of carboxylic acid groups (broad SMARTS) is 1. The number of aromatic nitrogens is 1. The van der Waals surface area contributed by atoms with Crippen LogP contribution >= 0.6 is 0 Å². The zero-order valence-corrected chi connectivity index (χ0v) is 12.2. The summed E-state index contributed by atoms with van der Waals surface area (Å²) < 4.78 is 0. The first-order valence-electron chi connectivity index (χ1n) is 7.57. The van der Waals surface area contributed by atoms with Gasteiger partial charge in [0.05, 0.1) is 11.1 Å². The van der Waals surface area contributed by atoms with Crippen LogP contribution in [0.25, 0.3) is 10.9 Å². The molecule has 0 unspecified atom stereocenters. The number of para-hydroxylation sites is 1. The second-order valence-electron chi connectivity index (χ2n) is 5.69. The van der Waals surface area contributed by atoms with Crippen LogP contribution in [-0.4, -0.2) is 29.1 Å². The van der Waals surface area contributed by atoms with Crippen molar-refractivity contribution in [1.82, 2.24) is 4.98 Å². The average molecular weight is 284 g/mol. The highest BCUT2D eigenvalue weighted by Gasteiger charge is 2.22. The molecule has 4 heteroatoms. The molecule has 1 aliphatic rings. The normalized spacial score (nSPS) is 14.9. The standard InChI is InChI=1S/C17H20N2O2/c1-2-19(11-12-6-5-7-12)16-10-14(17(20)21)13-8-3-4-9-15(13)18-16/h3-4,8-10,12H,2,5-7,11H2,1H3,(H,20,21). The lowest BCUT2D eigenvalue weighted by Crippen LogP contribution is -2.33. The van der Waals surface area contributed by atoms with E-state index in [1.807, 2.05) is 24.3 Å². The van der Waals surface area contributed by atoms with E-state index in [9.17, 15) is 9.90 Å². The second-order valence-corrected chi connectivity index (χ2v) is 5.69. The number of benzene rings is 1. The van der Waals surface area contributed by atoms with Gasteiger partial charge in [0.2, 0.25) is 0 Å². The highest BCUT2D eigenvalue weighted by Crippen LogP contribution is 2.29. The summed E-state index contributed by atoms with van der Waals surface area (Å²) in [6.45, 7) is 3.91. The molecule has 1 aromatic heterocycles. The summed E-state index contributed by atoms with van der Waals surface area (Å²) in [4.78, 5) is 18.4. The largest absolute Gasteiger partial charge is 0.478 e. The average Bonchev–Trinajstić information content (AvgIpc) is 2.45. The third-order valence-corrected chi connectivity index (χ3v) is 4.34. The SMILES string of the molecule is CCN(CC1CCC1)c1cc(C(=O)O)c2ccccc2n1. The van der Waals surface area contributed by atoms with E-state index in [1.165, 1.54) is 19.3 Å². The second kappa shape index (κ2) is 5.72. The Morgan fingerprint density at radius 1 is 1.38 bits per heavy atom. The number of rotatable bonds is 5. The van der Waals surface area contributed by atoms with Crippen molar-refractivity contribution in [3.05, 3.63) is 35.9 Å². The molecule has 0 spiro atoms. The fourth-order valence-corrected chi connectivity index (χ4v) is 2.87. The Balaban J connectivity index is 2.02. The Kier molecular flexibility index (Phi) is 3.78. The first-order chi connectivity index (χ1) is 10.2. The van der Waals surface area contributed by atoms with Crippen molar-refractivity contribution in [2.45, 2.75) is 26.2 Å². The summed E-state index contributed by atoms with van der Waals surface area (Å²) in [5.41, 5.74) is 1.09. The van der Waals surface area contributed by atoms with Gasteiger partial charge in [0, 0.05) is 18.5 Å². The van der Waals surface area contributed by atoms with E-state index in [0.29, 0.717) is 10.9 Å². The van der Waals surface area contributed by atoms with E-state index in [1.54, 1.807) is 6.07 Å². The molecular formula is C17H20N2O2. The minimum absolute atomic E-state index is 0.336. The smallest absolute Gasteiger partial charge is 0.336 e. The first kappa shape index (κ1) is 13.9. The van der Waals surface area contributed by atoms with Gasteiger partial charge in [-0.3, -0.25) is 0 Å². The molecule has 0 bridgehead atoms. The maximum Gasteiger partial charge on any atom is 0.336 e. The molecule has 110 valence electrons. The zero-order valence-electron chi connectivity index (χ0n) is 12.2. The topological polar surface area (TPSA) is 53.4 Å². The number of carbonyl (C=O) groups is 1. The summed E-state index contributed by atoms with van der Waals surface area (Å²) >= 11 is 0. The van der Waals surface area contributed by atoms with Gasteiger partial charge in [-0.05, 0) is 37.8 Å². The fourth-order valence-electron chi connectivity index (χ4n) is 2.87. The van der Waals surface area contributed by atoms with E-state index in [0.717, 1.165) is 30.3 Å². The molecule has 2 aromatic rings. The zero-order chi connectivity index (χ0) is 14.8. The van der Waals surface area contributed by atoms with Crippen LogP contribution in [0, 0.1) is 5.92 Å². The molecule has 1 fully saturated rings. The van der Waals surface area contributed by atoms with Crippen LogP contribution in [0.5, 0.6) is 0 Å². The molecule has 1 N–H and O–H groups in total. The van der Waals surface area contributed by atoms with Crippen LogP contribution in [0.4, 0.5) is 5.82 Å². The molecule has 0 aliphatic heterocycles. The number of anilines is 1. The summed E-state index contributed by atoms with van der Waals surface area (Å²) in [6, 6.07) is 9.15. The Morgan fingerprint density at radius 2 is 2.14 bits per heavy atom. The molecule has 21 heavy (non-hydrogen) atoms. The van der Waals surface area contributed by atoms with Crippen LogP contribution in [0.15, 0.2) is 30.3 Å². The highest BCUT2D eigenvalue weighted by molar-refractivity contribution is 6.03. The fraction of sp³-hybridized carbons (Fsp3) is 0.412. The lowest BCUT2D eigenvalue weighted by molar-refractivity contribution is 0.0699. The number of carboxylic acids is 1. The van der Waals surface area contributed by atoms with Crippen molar-refractivity contribution in [2.75, 3.05) is 18.0 Å². The summed E-state index contributed by atoms with van der Waals surface area (Å²) in [6.07, 6.45) is 3.86. The molecular weight excluding hydrogens is 264 g/mol. The third-order valence-electron chi connectivity index (χ3n) is 4.34. The Labute approximate surface area is 124 Å². The van der Waals surface area contributed by atoms with Gasteiger partial charge >= 0.3 is 5.97 Å². The predicted octanol–water partition coefficient (Wildman–Crippen LogP) is 3.56. The molecule has 0 atom stereocenters. The molecule has 0 saturated heterocycles. The van der Waals surface area contributed by atoms with Crippen molar-refractivity contribution in [1.29, 1.82) is 0 Å². The molecule has 1 saturated carbocycles. The quantitative estimate of drug-likeness (QED) is 0.912. The predicted molar refractivity (Wildman–Crippen MR) is 83.9 cm³/mol. The number of aromatic carboxylic acids is 1. The van der Waals surface area contributed by atoms with Crippen molar-refractivity contribution in [2.24, 2.45) is 5.92 Å². The lowest BCUT2D eigenvalue weighted by Gasteiger charge is -2.32. The summed E-state index contributed by atoms with van der Waals surface area (Å²) in [5.74, 6) is 0.613. The van der Waals surface area contributed by atoms with Crippen LogP contribution in [0.2, 0.25) is 0 Å². The molecule has 1 aliphatic carbocycles. The van der Waals surface area contributed by atoms with Gasteiger partial charge in [-0.2, -0.15) is 0 Å². The van der Waals surface area contributed by atoms with Gasteiger partial charge in [-0.25, -0.2) is 9.78 Å². The number of hydrogen-bond acceptors (Lipinski definition) is 3. The minimum Gasteiger partial charge on any atom is -0.478 e. The number of pyridine rings is 1. The Hall–Kier alpha value is -2.10. The highest BCUT2D eigenvalue weighted by atomic mass is 16.4. The Morgan fingerprint density at radius 3 is 2.76 bits per heavy atom. The molecule has 4 nitrogen and oxygen atoms in total. The van der Waals surface area contributed by atoms with E-state index < -0.39 is 5.97 Å². The number of fused-ring (bicyclic) bond motifs is 1. The molecule has 0 amide bonds. The molecule has 1 heterocycles. The monoisotopic (exact) mass is 284 g/mol. The summed E-state index contributed by atoms with van der Waals surface area (Å²) in [7, 11) is 0. The maximum atomic E-state index is 11.5. The van der Waals surface area contributed by atoms with Gasteiger partial charge in [0.25, 0.3) is 0 Å². The van der Waals surface area contributed by atoms with Crippen LogP contribution in [0.3, 0.4) is 0 Å². The minimum atomic E-state index is -0.894. The van der Waals surface area contributed by atoms with Crippen LogP contribution in [0.1, 0.15) is 36.5 Å². The Bertz CT molecular complexity index is 665. The van der Waals surface area contributed by atoms with Crippen molar-refractivity contribution >= 4 is 22.7 Å². The van der Waals surface area contributed by atoms with Gasteiger partial charge in [-0.15, -0.1) is 0 Å². The molecule has 3 rings (SSSR count). The van der Waals surface area contributed by atoms with Gasteiger partial charge in [0.1, 0.15) is 5.82 Å². The number of hydrogen-bond donors (Lipinski definition) is 1. The molecule has 0 radical (unpaired) electrons. The van der Waals surface area contributed by atoms with E-state index in [4.69, 9.17) is 0 Å². The first-order valence-corrected chi connectivity index (χ1v) is 7.57. The van der Waals surface area contributed by atoms with Crippen molar-refractivity contribution < 1.29 is 9.90 Å². The van der Waals surface area contributed by atoms with E-state index >= 15 is 0 Å². The number of nitrogens with zero attached hydrogens (tertiary/aromatic N) is 2. The van der Waals surface area contributed by atoms with Crippen molar-refractivity contribution in [3.63, 3.8) is 0 Å². The van der Waals surface area contributed by atoms with Crippen molar-refractivity contribution in [3.8, 4) is 0 Å². The molecule has 1 aromatic carbocycles. The third kappa shape index (κ3) is 2.71. The van der Waals surface area contributed by atoms with Crippen LogP contribution in [-0.2, 0) is 0 Å². The summed E-state index contributed by atoms with van der Waals surface area (Å²) in [5, 5.41) is 10.2.